The van der Waals surface area contributed by atoms with Crippen molar-refractivity contribution < 1.29 is 9.59 Å². The summed E-state index contributed by atoms with van der Waals surface area (Å²) >= 11 is 5.96. The number of nitrogens with two attached hydrogens (primary N) is 1. The average Bonchev–Trinajstić information content (AvgIpc) is 2.31. The minimum absolute atomic E-state index is 0.0996. The fourth-order valence-corrected chi connectivity index (χ4v) is 1.49. The van der Waals surface area contributed by atoms with Gasteiger partial charge in [-0.15, -0.1) is 0 Å². The van der Waals surface area contributed by atoms with Crippen molar-refractivity contribution in [1.29, 1.82) is 0 Å². The lowest BCUT2D eigenvalue weighted by atomic mass is 10.2. The van der Waals surface area contributed by atoms with Gasteiger partial charge in [0.25, 0.3) is 5.91 Å². The van der Waals surface area contributed by atoms with Crippen LogP contribution >= 0.6 is 11.6 Å². The van der Waals surface area contributed by atoms with Gasteiger partial charge in [0.1, 0.15) is 5.82 Å². The van der Waals surface area contributed by atoms with Crippen LogP contribution in [-0.4, -0.2) is 29.9 Å². The molecule has 2 amide bonds. The van der Waals surface area contributed by atoms with Gasteiger partial charge >= 0.3 is 0 Å². The van der Waals surface area contributed by atoms with Crippen molar-refractivity contribution in [3.8, 4) is 0 Å². The number of carbonyl (C=O) groups is 2. The molecule has 1 heterocycles. The highest BCUT2D eigenvalue weighted by molar-refractivity contribution is 6.33. The molecule has 0 aromatic carbocycles. The van der Waals surface area contributed by atoms with Crippen molar-refractivity contribution in [3.05, 3.63) is 22.8 Å². The van der Waals surface area contributed by atoms with E-state index < -0.39 is 5.91 Å². The molecule has 7 heteroatoms. The molecule has 0 unspecified atom stereocenters. The van der Waals surface area contributed by atoms with Crippen LogP contribution in [0.25, 0.3) is 0 Å². The molecule has 18 heavy (non-hydrogen) atoms. The molecule has 0 spiro atoms. The molecule has 0 fully saturated rings. The van der Waals surface area contributed by atoms with Crippen LogP contribution in [-0.2, 0) is 4.79 Å². The Morgan fingerprint density at radius 3 is 2.78 bits per heavy atom. The maximum Gasteiger partial charge on any atom is 0.252 e. The minimum atomic E-state index is -0.464. The van der Waals surface area contributed by atoms with E-state index in [1.807, 2.05) is 6.92 Å². The van der Waals surface area contributed by atoms with E-state index in [2.05, 4.69) is 15.6 Å². The van der Waals surface area contributed by atoms with Gasteiger partial charge in [-0.1, -0.05) is 11.6 Å². The first-order chi connectivity index (χ1) is 8.54. The smallest absolute Gasteiger partial charge is 0.252 e. The highest BCUT2D eigenvalue weighted by atomic mass is 35.5. The van der Waals surface area contributed by atoms with Crippen LogP contribution in [0, 0.1) is 0 Å². The second kappa shape index (κ2) is 6.80. The van der Waals surface area contributed by atoms with Crippen LogP contribution in [0.5, 0.6) is 0 Å². The third-order valence-electron chi connectivity index (χ3n) is 2.10. The summed E-state index contributed by atoms with van der Waals surface area (Å²) in [6, 6.07) is 1.52. The standard InChI is InChI=1S/C11H15ClN4O2/c1-2-14-10-8(12)5-7(6-16-10)11(18)15-4-3-9(13)17/h5-6H,2-4H2,1H3,(H2,13,17)(H,14,16)(H,15,18). The van der Waals surface area contributed by atoms with E-state index in [0.29, 0.717) is 22.9 Å². The third-order valence-corrected chi connectivity index (χ3v) is 2.39. The number of primary amides is 1. The molecular formula is C11H15ClN4O2. The van der Waals surface area contributed by atoms with E-state index in [9.17, 15) is 9.59 Å². The number of nitrogens with zero attached hydrogens (tertiary/aromatic N) is 1. The number of halogens is 1. The Labute approximate surface area is 110 Å². The number of amides is 2. The maximum atomic E-state index is 11.7. The summed E-state index contributed by atoms with van der Waals surface area (Å²) in [5.74, 6) is -0.268. The number of anilines is 1. The molecule has 1 aromatic heterocycles. The van der Waals surface area contributed by atoms with Gasteiger partial charge in [-0.25, -0.2) is 4.98 Å². The molecule has 0 aliphatic rings. The fourth-order valence-electron chi connectivity index (χ4n) is 1.26. The number of carbonyl (C=O) groups excluding carboxylic acids is 2. The lowest BCUT2D eigenvalue weighted by Crippen LogP contribution is -2.28. The summed E-state index contributed by atoms with van der Waals surface area (Å²) in [4.78, 5) is 26.2. The SMILES string of the molecule is CCNc1ncc(C(=O)NCCC(N)=O)cc1Cl. The zero-order valence-electron chi connectivity index (χ0n) is 10.00. The highest BCUT2D eigenvalue weighted by Crippen LogP contribution is 2.19. The Morgan fingerprint density at radius 2 is 2.22 bits per heavy atom. The van der Waals surface area contributed by atoms with Crippen molar-refractivity contribution >= 4 is 29.2 Å². The first-order valence-electron chi connectivity index (χ1n) is 5.50. The summed E-state index contributed by atoms with van der Waals surface area (Å²) in [6.07, 6.45) is 1.52. The van der Waals surface area contributed by atoms with Crippen LogP contribution in [0.3, 0.4) is 0 Å². The first kappa shape index (κ1) is 14.2. The predicted molar refractivity (Wildman–Crippen MR) is 69.6 cm³/mol. The molecule has 0 saturated carbocycles. The van der Waals surface area contributed by atoms with Gasteiger partial charge in [-0.05, 0) is 13.0 Å². The Bertz CT molecular complexity index is 451. The molecular weight excluding hydrogens is 256 g/mol. The van der Waals surface area contributed by atoms with Gasteiger partial charge in [-0.3, -0.25) is 9.59 Å². The van der Waals surface area contributed by atoms with Gasteiger partial charge in [0, 0.05) is 25.7 Å². The number of pyridine rings is 1. The average molecular weight is 271 g/mol. The molecule has 0 aliphatic heterocycles. The van der Waals surface area contributed by atoms with Crippen LogP contribution < -0.4 is 16.4 Å². The lowest BCUT2D eigenvalue weighted by Gasteiger charge is -2.07. The molecule has 4 N–H and O–H groups in total. The monoisotopic (exact) mass is 270 g/mol. The Morgan fingerprint density at radius 1 is 1.50 bits per heavy atom. The van der Waals surface area contributed by atoms with Gasteiger partial charge in [-0.2, -0.15) is 0 Å². The van der Waals surface area contributed by atoms with Gasteiger partial charge in [0.15, 0.2) is 0 Å². The van der Waals surface area contributed by atoms with Crippen molar-refractivity contribution in [3.63, 3.8) is 0 Å². The molecule has 0 bridgehead atoms. The minimum Gasteiger partial charge on any atom is -0.370 e. The molecule has 0 saturated heterocycles. The summed E-state index contributed by atoms with van der Waals surface area (Å²) in [5.41, 5.74) is 5.30. The predicted octanol–water partition coefficient (Wildman–Crippen LogP) is 0.772. The van der Waals surface area contributed by atoms with E-state index in [4.69, 9.17) is 17.3 Å². The van der Waals surface area contributed by atoms with Gasteiger partial charge in [0.2, 0.25) is 5.91 Å². The van der Waals surface area contributed by atoms with Crippen molar-refractivity contribution in [2.24, 2.45) is 5.73 Å². The van der Waals surface area contributed by atoms with E-state index >= 15 is 0 Å². The molecule has 1 rings (SSSR count). The molecule has 0 aliphatic carbocycles. The van der Waals surface area contributed by atoms with Crippen molar-refractivity contribution in [1.82, 2.24) is 10.3 Å². The second-order valence-electron chi connectivity index (χ2n) is 3.56. The van der Waals surface area contributed by atoms with Crippen molar-refractivity contribution in [2.75, 3.05) is 18.4 Å². The van der Waals surface area contributed by atoms with Crippen LogP contribution in [0.4, 0.5) is 5.82 Å². The highest BCUT2D eigenvalue weighted by Gasteiger charge is 2.09. The van der Waals surface area contributed by atoms with E-state index in [1.165, 1.54) is 12.3 Å². The molecule has 1 aromatic rings. The van der Waals surface area contributed by atoms with Gasteiger partial charge in [0.05, 0.1) is 10.6 Å². The molecule has 6 nitrogen and oxygen atoms in total. The van der Waals surface area contributed by atoms with Gasteiger partial charge < -0.3 is 16.4 Å². The molecule has 0 atom stereocenters. The van der Waals surface area contributed by atoms with Crippen LogP contribution in [0.2, 0.25) is 5.02 Å². The topological polar surface area (TPSA) is 97.1 Å². The Hall–Kier alpha value is -1.82. The first-order valence-corrected chi connectivity index (χ1v) is 5.88. The summed E-state index contributed by atoms with van der Waals surface area (Å²) < 4.78 is 0. The zero-order chi connectivity index (χ0) is 13.5. The Balaban J connectivity index is 2.63. The number of rotatable bonds is 6. The fraction of sp³-hybridized carbons (Fsp3) is 0.364. The lowest BCUT2D eigenvalue weighted by molar-refractivity contribution is -0.117. The van der Waals surface area contributed by atoms with E-state index in [1.54, 1.807) is 0 Å². The normalized spacial score (nSPS) is 9.89. The summed E-state index contributed by atoms with van der Waals surface area (Å²) in [5, 5.41) is 5.89. The third kappa shape index (κ3) is 4.21. The van der Waals surface area contributed by atoms with Crippen LogP contribution in [0.1, 0.15) is 23.7 Å². The van der Waals surface area contributed by atoms with E-state index in [0.717, 1.165) is 0 Å². The second-order valence-corrected chi connectivity index (χ2v) is 3.96. The molecule has 0 radical (unpaired) electrons. The number of hydrogen-bond acceptors (Lipinski definition) is 4. The number of nitrogens with one attached hydrogen (secondary N) is 2. The summed E-state index contributed by atoms with van der Waals surface area (Å²) in [6.45, 7) is 2.81. The number of hydrogen-bond donors (Lipinski definition) is 3. The van der Waals surface area contributed by atoms with Crippen LogP contribution in [0.15, 0.2) is 12.3 Å². The zero-order valence-corrected chi connectivity index (χ0v) is 10.8. The number of aromatic nitrogens is 1. The quantitative estimate of drug-likeness (QED) is 0.711. The maximum absolute atomic E-state index is 11.7. The van der Waals surface area contributed by atoms with Crippen molar-refractivity contribution in [2.45, 2.75) is 13.3 Å². The summed E-state index contributed by atoms with van der Waals surface area (Å²) in [7, 11) is 0. The van der Waals surface area contributed by atoms with E-state index in [-0.39, 0.29) is 18.9 Å². The molecule has 98 valence electrons. The Kier molecular flexibility index (Phi) is 5.38. The largest absolute Gasteiger partial charge is 0.370 e.